The maximum atomic E-state index is 12.8. The van der Waals surface area contributed by atoms with Gasteiger partial charge in [0.25, 0.3) is 0 Å². The third-order valence-electron chi connectivity index (χ3n) is 4.34. The quantitative estimate of drug-likeness (QED) is 0.560. The lowest BCUT2D eigenvalue weighted by Gasteiger charge is -2.32. The number of piperidine rings is 1. The molecule has 2 heterocycles. The third-order valence-corrected chi connectivity index (χ3v) is 4.34. The smallest absolute Gasteiger partial charge is 0.310 e. The SMILES string of the molecule is O=C(OCCCOc1ccc(F)cc1)C1CCCN(c2ccccn2)C1. The number of ether oxygens (including phenoxy) is 2. The molecule has 0 saturated carbocycles. The van der Waals surface area contributed by atoms with Crippen molar-refractivity contribution >= 4 is 11.8 Å². The summed E-state index contributed by atoms with van der Waals surface area (Å²) in [6.45, 7) is 2.29. The first-order chi connectivity index (χ1) is 12.7. The molecular formula is C20H23FN2O3. The van der Waals surface area contributed by atoms with Crippen LogP contribution in [0, 0.1) is 11.7 Å². The predicted molar refractivity (Wildman–Crippen MR) is 96.6 cm³/mol. The summed E-state index contributed by atoms with van der Waals surface area (Å²) in [5, 5.41) is 0. The number of carbonyl (C=O) groups is 1. The van der Waals surface area contributed by atoms with Crippen LogP contribution in [0.2, 0.25) is 0 Å². The molecule has 1 aromatic heterocycles. The fourth-order valence-electron chi connectivity index (χ4n) is 2.99. The second kappa shape index (κ2) is 9.17. The topological polar surface area (TPSA) is 51.7 Å². The maximum absolute atomic E-state index is 12.8. The molecule has 138 valence electrons. The van der Waals surface area contributed by atoms with Crippen molar-refractivity contribution < 1.29 is 18.7 Å². The van der Waals surface area contributed by atoms with E-state index in [-0.39, 0.29) is 17.7 Å². The Hall–Kier alpha value is -2.63. The van der Waals surface area contributed by atoms with Gasteiger partial charge in [-0.15, -0.1) is 0 Å². The summed E-state index contributed by atoms with van der Waals surface area (Å²) in [7, 11) is 0. The van der Waals surface area contributed by atoms with Gasteiger partial charge in [0.05, 0.1) is 19.1 Å². The standard InChI is InChI=1S/C20H23FN2O3/c21-17-7-9-18(10-8-17)25-13-4-14-26-20(24)16-5-3-12-23(15-16)19-6-1-2-11-22-19/h1-2,6-11,16H,3-5,12-15H2. The molecule has 0 aliphatic carbocycles. The number of pyridine rings is 1. The number of hydrogen-bond acceptors (Lipinski definition) is 5. The fraction of sp³-hybridized carbons (Fsp3) is 0.400. The lowest BCUT2D eigenvalue weighted by Crippen LogP contribution is -2.39. The minimum atomic E-state index is -0.293. The number of esters is 1. The summed E-state index contributed by atoms with van der Waals surface area (Å²) in [4.78, 5) is 18.8. The lowest BCUT2D eigenvalue weighted by molar-refractivity contribution is -0.149. The Morgan fingerprint density at radius 3 is 2.81 bits per heavy atom. The molecule has 0 bridgehead atoms. The normalized spacial score (nSPS) is 17.0. The van der Waals surface area contributed by atoms with Gasteiger partial charge in [-0.1, -0.05) is 6.07 Å². The van der Waals surface area contributed by atoms with E-state index in [1.165, 1.54) is 12.1 Å². The zero-order chi connectivity index (χ0) is 18.2. The Labute approximate surface area is 152 Å². The second-order valence-corrected chi connectivity index (χ2v) is 6.30. The highest BCUT2D eigenvalue weighted by atomic mass is 19.1. The summed E-state index contributed by atoms with van der Waals surface area (Å²) in [5.41, 5.74) is 0. The van der Waals surface area contributed by atoms with Gasteiger partial charge < -0.3 is 14.4 Å². The Bertz CT molecular complexity index is 694. The molecule has 1 saturated heterocycles. The summed E-state index contributed by atoms with van der Waals surface area (Å²) in [6, 6.07) is 11.7. The van der Waals surface area contributed by atoms with Gasteiger partial charge in [0.1, 0.15) is 17.4 Å². The van der Waals surface area contributed by atoms with E-state index < -0.39 is 0 Å². The van der Waals surface area contributed by atoms with E-state index in [1.807, 2.05) is 18.2 Å². The number of rotatable bonds is 7. The van der Waals surface area contributed by atoms with Crippen molar-refractivity contribution in [1.29, 1.82) is 0 Å². The van der Waals surface area contributed by atoms with Gasteiger partial charge in [0.2, 0.25) is 0 Å². The molecule has 1 unspecified atom stereocenters. The van der Waals surface area contributed by atoms with Gasteiger partial charge in [-0.05, 0) is 49.2 Å². The first kappa shape index (κ1) is 18.2. The zero-order valence-electron chi connectivity index (χ0n) is 14.6. The summed E-state index contributed by atoms with van der Waals surface area (Å²) in [6.07, 6.45) is 4.15. The van der Waals surface area contributed by atoms with Gasteiger partial charge in [-0.2, -0.15) is 0 Å². The summed E-state index contributed by atoms with van der Waals surface area (Å²) < 4.78 is 23.7. The number of carbonyl (C=O) groups excluding carboxylic acids is 1. The third kappa shape index (κ3) is 5.18. The average Bonchev–Trinajstić information content (AvgIpc) is 2.70. The van der Waals surface area contributed by atoms with Crippen LogP contribution in [0.25, 0.3) is 0 Å². The molecule has 0 N–H and O–H groups in total. The van der Waals surface area contributed by atoms with Crippen LogP contribution in [-0.4, -0.2) is 37.3 Å². The Balaban J connectivity index is 1.37. The van der Waals surface area contributed by atoms with Crippen molar-refractivity contribution in [1.82, 2.24) is 4.98 Å². The number of hydrogen-bond donors (Lipinski definition) is 0. The first-order valence-electron chi connectivity index (χ1n) is 8.93. The largest absolute Gasteiger partial charge is 0.493 e. The molecule has 1 fully saturated rings. The summed E-state index contributed by atoms with van der Waals surface area (Å²) in [5.74, 6) is 0.934. The van der Waals surface area contributed by atoms with E-state index >= 15 is 0 Å². The number of nitrogens with zero attached hydrogens (tertiary/aromatic N) is 2. The number of anilines is 1. The number of aromatic nitrogens is 1. The molecule has 1 atom stereocenters. The van der Waals surface area contributed by atoms with Gasteiger partial charge in [0, 0.05) is 25.7 Å². The highest BCUT2D eigenvalue weighted by Gasteiger charge is 2.27. The van der Waals surface area contributed by atoms with Crippen LogP contribution in [0.4, 0.5) is 10.2 Å². The molecule has 26 heavy (non-hydrogen) atoms. The van der Waals surface area contributed by atoms with Crippen molar-refractivity contribution in [3.63, 3.8) is 0 Å². The Morgan fingerprint density at radius 2 is 2.04 bits per heavy atom. The number of halogens is 1. The van der Waals surface area contributed by atoms with E-state index in [0.29, 0.717) is 31.9 Å². The maximum Gasteiger partial charge on any atom is 0.310 e. The van der Waals surface area contributed by atoms with E-state index in [9.17, 15) is 9.18 Å². The van der Waals surface area contributed by atoms with Crippen LogP contribution in [0.3, 0.4) is 0 Å². The van der Waals surface area contributed by atoms with Crippen LogP contribution in [0.5, 0.6) is 5.75 Å². The zero-order valence-corrected chi connectivity index (χ0v) is 14.6. The molecule has 1 aromatic carbocycles. The van der Waals surface area contributed by atoms with E-state index in [2.05, 4.69) is 9.88 Å². The van der Waals surface area contributed by atoms with Gasteiger partial charge >= 0.3 is 5.97 Å². The number of benzene rings is 1. The van der Waals surface area contributed by atoms with Crippen molar-refractivity contribution in [3.8, 4) is 5.75 Å². The van der Waals surface area contributed by atoms with Crippen molar-refractivity contribution in [2.45, 2.75) is 19.3 Å². The minimum Gasteiger partial charge on any atom is -0.493 e. The average molecular weight is 358 g/mol. The molecule has 2 aromatic rings. The van der Waals surface area contributed by atoms with Crippen molar-refractivity contribution in [2.75, 3.05) is 31.2 Å². The molecule has 0 radical (unpaired) electrons. The van der Waals surface area contributed by atoms with Gasteiger partial charge in [-0.3, -0.25) is 4.79 Å². The predicted octanol–water partition coefficient (Wildman–Crippen LogP) is 3.45. The highest BCUT2D eigenvalue weighted by Crippen LogP contribution is 2.22. The first-order valence-corrected chi connectivity index (χ1v) is 8.93. The lowest BCUT2D eigenvalue weighted by atomic mass is 9.98. The molecule has 1 aliphatic rings. The molecule has 1 aliphatic heterocycles. The van der Waals surface area contributed by atoms with Gasteiger partial charge in [0.15, 0.2) is 0 Å². The molecule has 0 amide bonds. The highest BCUT2D eigenvalue weighted by molar-refractivity contribution is 5.73. The van der Waals surface area contributed by atoms with Crippen molar-refractivity contribution in [3.05, 3.63) is 54.5 Å². The van der Waals surface area contributed by atoms with E-state index in [4.69, 9.17) is 9.47 Å². The van der Waals surface area contributed by atoms with E-state index in [0.717, 1.165) is 25.2 Å². The van der Waals surface area contributed by atoms with Crippen molar-refractivity contribution in [2.24, 2.45) is 5.92 Å². The molecule has 5 nitrogen and oxygen atoms in total. The fourth-order valence-corrected chi connectivity index (χ4v) is 2.99. The molecule has 6 heteroatoms. The van der Waals surface area contributed by atoms with Gasteiger partial charge in [-0.25, -0.2) is 9.37 Å². The van der Waals surface area contributed by atoms with Crippen LogP contribution >= 0.6 is 0 Å². The van der Waals surface area contributed by atoms with Crippen LogP contribution in [0.15, 0.2) is 48.7 Å². The molecule has 3 rings (SSSR count). The Morgan fingerprint density at radius 1 is 1.19 bits per heavy atom. The Kier molecular flexibility index (Phi) is 6.41. The van der Waals surface area contributed by atoms with Crippen LogP contribution in [-0.2, 0) is 9.53 Å². The van der Waals surface area contributed by atoms with Crippen LogP contribution < -0.4 is 9.64 Å². The van der Waals surface area contributed by atoms with Crippen LogP contribution in [0.1, 0.15) is 19.3 Å². The second-order valence-electron chi connectivity index (χ2n) is 6.30. The minimum absolute atomic E-state index is 0.122. The molecular weight excluding hydrogens is 335 g/mol. The summed E-state index contributed by atoms with van der Waals surface area (Å²) >= 11 is 0. The monoisotopic (exact) mass is 358 g/mol. The van der Waals surface area contributed by atoms with E-state index in [1.54, 1.807) is 18.3 Å². The molecule has 0 spiro atoms.